The molecule has 0 saturated carbocycles. The third-order valence-electron chi connectivity index (χ3n) is 5.54. The number of ether oxygens (including phenoxy) is 4. The molecule has 34 heavy (non-hydrogen) atoms. The highest BCUT2D eigenvalue weighted by Gasteiger charge is 2.30. The van der Waals surface area contributed by atoms with Gasteiger partial charge in [-0.3, -0.25) is 4.98 Å². The van der Waals surface area contributed by atoms with Gasteiger partial charge in [0.1, 0.15) is 35.7 Å². The van der Waals surface area contributed by atoms with Crippen LogP contribution in [0.25, 0.3) is 0 Å². The number of aliphatic hydroxyl groups excluding tert-OH is 1. The third kappa shape index (κ3) is 5.28. The van der Waals surface area contributed by atoms with Crippen molar-refractivity contribution in [2.45, 2.75) is 45.5 Å². The molecule has 3 aromatic rings. The van der Waals surface area contributed by atoms with Crippen LogP contribution in [0.15, 0.2) is 48.7 Å². The molecule has 0 saturated heterocycles. The Kier molecular flexibility index (Phi) is 7.27. The number of nitrogens with zero attached hydrogens (tertiary/aromatic N) is 1. The smallest absolute Gasteiger partial charge is 0.162 e. The molecule has 0 spiro atoms. The molecule has 8 heteroatoms. The normalized spacial score (nSPS) is 17.3. The second-order valence-corrected chi connectivity index (χ2v) is 7.93. The summed E-state index contributed by atoms with van der Waals surface area (Å²) in [5.41, 5.74) is 1.96. The van der Waals surface area contributed by atoms with Gasteiger partial charge in [0.05, 0.1) is 31.2 Å². The second-order valence-electron chi connectivity index (χ2n) is 7.93. The molecule has 180 valence electrons. The van der Waals surface area contributed by atoms with Crippen molar-refractivity contribution >= 4 is 0 Å². The molecule has 0 fully saturated rings. The zero-order chi connectivity index (χ0) is 24.1. The van der Waals surface area contributed by atoms with E-state index in [-0.39, 0.29) is 18.1 Å². The minimum absolute atomic E-state index is 0.0542. The summed E-state index contributed by atoms with van der Waals surface area (Å²) in [6.45, 7) is 5.05. The van der Waals surface area contributed by atoms with Gasteiger partial charge in [-0.25, -0.2) is 0 Å². The number of phenolic OH excluding ortho intramolecular Hbond substituents is 2. The molecule has 2 unspecified atom stereocenters. The molecule has 8 nitrogen and oxygen atoms in total. The Balaban J connectivity index is 1.58. The number of hydrogen-bond acceptors (Lipinski definition) is 8. The van der Waals surface area contributed by atoms with Crippen molar-refractivity contribution in [3.05, 3.63) is 65.5 Å². The van der Waals surface area contributed by atoms with Crippen molar-refractivity contribution in [1.82, 2.24) is 4.98 Å². The first-order valence-corrected chi connectivity index (χ1v) is 11.3. The minimum Gasteiger partial charge on any atom is -0.508 e. The Morgan fingerprint density at radius 2 is 1.79 bits per heavy atom. The van der Waals surface area contributed by atoms with Crippen molar-refractivity contribution < 1.29 is 34.3 Å². The molecule has 2 atom stereocenters. The van der Waals surface area contributed by atoms with Crippen LogP contribution in [0.2, 0.25) is 0 Å². The molecule has 1 aliphatic rings. The summed E-state index contributed by atoms with van der Waals surface area (Å²) < 4.78 is 23.3. The van der Waals surface area contributed by atoms with E-state index in [1.807, 2.05) is 32.0 Å². The summed E-state index contributed by atoms with van der Waals surface area (Å²) in [6, 6.07) is 11.8. The van der Waals surface area contributed by atoms with E-state index in [2.05, 4.69) is 4.98 Å². The van der Waals surface area contributed by atoms with Crippen LogP contribution in [0, 0.1) is 0 Å². The van der Waals surface area contributed by atoms with E-state index in [1.165, 1.54) is 12.1 Å². The molecule has 2 aromatic carbocycles. The van der Waals surface area contributed by atoms with Gasteiger partial charge in [-0.05, 0) is 56.5 Å². The summed E-state index contributed by atoms with van der Waals surface area (Å²) in [5.74, 6) is 1.94. The number of benzene rings is 2. The van der Waals surface area contributed by atoms with Crippen LogP contribution < -0.4 is 18.9 Å². The van der Waals surface area contributed by atoms with Gasteiger partial charge in [-0.2, -0.15) is 0 Å². The molecule has 2 heterocycles. The zero-order valence-corrected chi connectivity index (χ0v) is 19.2. The van der Waals surface area contributed by atoms with E-state index in [0.29, 0.717) is 60.2 Å². The molecule has 0 bridgehead atoms. The molecule has 1 aromatic heterocycles. The third-order valence-corrected chi connectivity index (χ3v) is 5.54. The number of pyridine rings is 1. The van der Waals surface area contributed by atoms with Crippen LogP contribution >= 0.6 is 0 Å². The number of phenols is 2. The summed E-state index contributed by atoms with van der Waals surface area (Å²) >= 11 is 0. The number of fused-ring (bicyclic) bond motifs is 1. The molecule has 1 aliphatic heterocycles. The highest BCUT2D eigenvalue weighted by molar-refractivity contribution is 5.51. The quantitative estimate of drug-likeness (QED) is 0.450. The van der Waals surface area contributed by atoms with Crippen LogP contribution in [-0.2, 0) is 13.0 Å². The fourth-order valence-electron chi connectivity index (χ4n) is 3.91. The van der Waals surface area contributed by atoms with E-state index in [9.17, 15) is 15.3 Å². The van der Waals surface area contributed by atoms with Crippen LogP contribution in [0.3, 0.4) is 0 Å². The Morgan fingerprint density at radius 3 is 2.53 bits per heavy atom. The van der Waals surface area contributed by atoms with Crippen molar-refractivity contribution in [2.75, 3.05) is 13.2 Å². The first-order valence-electron chi connectivity index (χ1n) is 11.3. The lowest BCUT2D eigenvalue weighted by molar-refractivity contribution is 0.0366. The van der Waals surface area contributed by atoms with E-state index in [4.69, 9.17) is 18.9 Å². The first-order chi connectivity index (χ1) is 16.5. The van der Waals surface area contributed by atoms with E-state index >= 15 is 0 Å². The number of aliphatic hydroxyl groups is 1. The van der Waals surface area contributed by atoms with Gasteiger partial charge >= 0.3 is 0 Å². The van der Waals surface area contributed by atoms with Gasteiger partial charge in [-0.1, -0.05) is 6.07 Å². The number of hydrogen-bond donors (Lipinski definition) is 3. The van der Waals surface area contributed by atoms with E-state index < -0.39 is 12.2 Å². The monoisotopic (exact) mass is 467 g/mol. The number of aromatic nitrogens is 1. The van der Waals surface area contributed by atoms with Crippen molar-refractivity contribution in [2.24, 2.45) is 0 Å². The van der Waals surface area contributed by atoms with Crippen LogP contribution in [0.4, 0.5) is 0 Å². The highest BCUT2D eigenvalue weighted by atomic mass is 16.5. The number of rotatable bonds is 8. The summed E-state index contributed by atoms with van der Waals surface area (Å²) in [4.78, 5) is 4.36. The molecule has 0 radical (unpaired) electrons. The Hall–Kier alpha value is -3.65. The average molecular weight is 468 g/mol. The Morgan fingerprint density at radius 1 is 0.971 bits per heavy atom. The minimum atomic E-state index is -0.826. The molecular weight excluding hydrogens is 438 g/mol. The van der Waals surface area contributed by atoms with Crippen molar-refractivity contribution in [1.29, 1.82) is 0 Å². The van der Waals surface area contributed by atoms with Crippen LogP contribution in [0.5, 0.6) is 34.5 Å². The average Bonchev–Trinajstić information content (AvgIpc) is 2.98. The van der Waals surface area contributed by atoms with Gasteiger partial charge < -0.3 is 34.3 Å². The van der Waals surface area contributed by atoms with Crippen LogP contribution in [0.1, 0.15) is 43.2 Å². The van der Waals surface area contributed by atoms with Gasteiger partial charge in [0.15, 0.2) is 11.5 Å². The largest absolute Gasteiger partial charge is 0.508 e. The Bertz CT molecular complexity index is 1120. The standard InChI is InChI=1S/C26H29NO7/c1-3-31-19-7-6-17(27-14-19)15-33-25-11-16(5-10-23(25)32-4-2)26-21(29)9-8-20-22(30)12-18(28)13-24(20)34-26/h5-7,10-14,21,26,28-30H,3-4,8-9,15H2,1-2H3. The van der Waals surface area contributed by atoms with Gasteiger partial charge in [0.25, 0.3) is 0 Å². The van der Waals surface area contributed by atoms with Crippen molar-refractivity contribution in [3.8, 4) is 34.5 Å². The SMILES string of the molecule is CCOc1ccc(COc2cc(C3Oc4cc(O)cc(O)c4CCC3O)ccc2OCC)nc1. The Labute approximate surface area is 198 Å². The molecule has 0 aliphatic carbocycles. The van der Waals surface area contributed by atoms with Gasteiger partial charge in [0, 0.05) is 17.7 Å². The van der Waals surface area contributed by atoms with Gasteiger partial charge in [0.2, 0.25) is 0 Å². The molecular formula is C26H29NO7. The molecule has 3 N–H and O–H groups in total. The predicted octanol–water partition coefficient (Wildman–Crippen LogP) is 4.30. The molecule has 0 amide bonds. The fraction of sp³-hybridized carbons (Fsp3) is 0.346. The maximum atomic E-state index is 10.8. The maximum Gasteiger partial charge on any atom is 0.162 e. The lowest BCUT2D eigenvalue weighted by Crippen LogP contribution is -2.22. The predicted molar refractivity (Wildman–Crippen MR) is 125 cm³/mol. The maximum absolute atomic E-state index is 10.8. The summed E-state index contributed by atoms with van der Waals surface area (Å²) in [6.07, 6.45) is 0.912. The first kappa shape index (κ1) is 23.5. The lowest BCUT2D eigenvalue weighted by Gasteiger charge is -2.23. The summed E-state index contributed by atoms with van der Waals surface area (Å²) in [5, 5.41) is 30.9. The fourth-order valence-corrected chi connectivity index (χ4v) is 3.91. The summed E-state index contributed by atoms with van der Waals surface area (Å²) in [7, 11) is 0. The lowest BCUT2D eigenvalue weighted by atomic mass is 9.99. The van der Waals surface area contributed by atoms with E-state index in [0.717, 1.165) is 5.69 Å². The molecule has 4 rings (SSSR count). The number of aromatic hydroxyl groups is 2. The highest BCUT2D eigenvalue weighted by Crippen LogP contribution is 2.42. The van der Waals surface area contributed by atoms with E-state index in [1.54, 1.807) is 18.3 Å². The van der Waals surface area contributed by atoms with Crippen molar-refractivity contribution in [3.63, 3.8) is 0 Å². The second kappa shape index (κ2) is 10.5. The topological polar surface area (TPSA) is 111 Å². The van der Waals surface area contributed by atoms with Gasteiger partial charge in [-0.15, -0.1) is 0 Å². The van der Waals surface area contributed by atoms with Crippen LogP contribution in [-0.4, -0.2) is 39.6 Å². The zero-order valence-electron chi connectivity index (χ0n) is 19.2.